The topological polar surface area (TPSA) is 66.0 Å². The van der Waals surface area contributed by atoms with Crippen LogP contribution in [0.3, 0.4) is 0 Å². The van der Waals surface area contributed by atoms with Crippen LogP contribution in [0.2, 0.25) is 0 Å². The van der Waals surface area contributed by atoms with Crippen molar-refractivity contribution in [2.45, 2.75) is 12.2 Å². The van der Waals surface area contributed by atoms with E-state index in [0.717, 1.165) is 0 Å². The molecule has 0 amide bonds. The number of hydrogen-bond acceptors (Lipinski definition) is 4. The van der Waals surface area contributed by atoms with Crippen molar-refractivity contribution in [1.29, 1.82) is 10.5 Å². The lowest BCUT2D eigenvalue weighted by Gasteiger charge is -2.08. The van der Waals surface area contributed by atoms with Crippen LogP contribution in [-0.4, -0.2) is 25.4 Å². The standard InChI is InChI=1S/C8H8N2O2/c9-1-5-3-11-8-6(2-10)4-12-7(5)8/h5-8H,3-4H2/t5-,6-,7-,8-/m1/s1. The molecule has 12 heavy (non-hydrogen) atoms. The lowest BCUT2D eigenvalue weighted by atomic mass is 9.98. The largest absolute Gasteiger partial charge is 0.373 e. The average Bonchev–Trinajstić information content (AvgIpc) is 2.62. The zero-order chi connectivity index (χ0) is 8.55. The second-order valence-corrected chi connectivity index (χ2v) is 3.07. The summed E-state index contributed by atoms with van der Waals surface area (Å²) < 4.78 is 10.6. The van der Waals surface area contributed by atoms with Crippen LogP contribution in [-0.2, 0) is 9.47 Å². The van der Waals surface area contributed by atoms with Crippen LogP contribution in [0, 0.1) is 34.5 Å². The molecule has 2 rings (SSSR count). The predicted octanol–water partition coefficient (Wildman–Crippen LogP) is 0.0636. The Kier molecular flexibility index (Phi) is 1.73. The number of rotatable bonds is 0. The quantitative estimate of drug-likeness (QED) is 0.508. The summed E-state index contributed by atoms with van der Waals surface area (Å²) >= 11 is 0. The molecule has 0 N–H and O–H groups in total. The molecule has 0 aromatic rings. The Morgan fingerprint density at radius 2 is 1.33 bits per heavy atom. The summed E-state index contributed by atoms with van der Waals surface area (Å²) in [6, 6.07) is 4.24. The minimum absolute atomic E-state index is 0.167. The van der Waals surface area contributed by atoms with E-state index in [2.05, 4.69) is 12.1 Å². The van der Waals surface area contributed by atoms with Crippen molar-refractivity contribution < 1.29 is 9.47 Å². The van der Waals surface area contributed by atoms with Gasteiger partial charge in [0.2, 0.25) is 0 Å². The molecule has 0 aromatic carbocycles. The van der Waals surface area contributed by atoms with Gasteiger partial charge in [-0.05, 0) is 0 Å². The first-order chi connectivity index (χ1) is 5.86. The Hall–Kier alpha value is -1.10. The van der Waals surface area contributed by atoms with Crippen molar-refractivity contribution in [2.75, 3.05) is 13.2 Å². The molecular weight excluding hydrogens is 156 g/mol. The maximum Gasteiger partial charge on any atom is 0.103 e. The van der Waals surface area contributed by atoms with Crippen molar-refractivity contribution >= 4 is 0 Å². The van der Waals surface area contributed by atoms with E-state index in [9.17, 15) is 0 Å². The fourth-order valence-corrected chi connectivity index (χ4v) is 1.72. The fourth-order valence-electron chi connectivity index (χ4n) is 1.72. The number of fused-ring (bicyclic) bond motifs is 1. The van der Waals surface area contributed by atoms with E-state index < -0.39 is 0 Å². The minimum atomic E-state index is -0.187. The number of nitrogens with zero attached hydrogens (tertiary/aromatic N) is 2. The van der Waals surface area contributed by atoms with Gasteiger partial charge in [-0.2, -0.15) is 10.5 Å². The molecule has 0 radical (unpaired) electrons. The molecule has 4 nitrogen and oxygen atoms in total. The van der Waals surface area contributed by atoms with Crippen molar-refractivity contribution in [3.8, 4) is 12.1 Å². The lowest BCUT2D eigenvalue weighted by Crippen LogP contribution is -2.24. The van der Waals surface area contributed by atoms with E-state index in [0.29, 0.717) is 13.2 Å². The summed E-state index contributed by atoms with van der Waals surface area (Å²) in [7, 11) is 0. The van der Waals surface area contributed by atoms with Crippen molar-refractivity contribution in [3.63, 3.8) is 0 Å². The van der Waals surface area contributed by atoms with Gasteiger partial charge in [-0.3, -0.25) is 0 Å². The minimum Gasteiger partial charge on any atom is -0.373 e. The van der Waals surface area contributed by atoms with E-state index in [1.807, 2.05) is 0 Å². The van der Waals surface area contributed by atoms with Gasteiger partial charge in [-0.25, -0.2) is 0 Å². The van der Waals surface area contributed by atoms with Gasteiger partial charge in [-0.15, -0.1) is 0 Å². The van der Waals surface area contributed by atoms with E-state index in [4.69, 9.17) is 20.0 Å². The van der Waals surface area contributed by atoms with Crippen molar-refractivity contribution in [1.82, 2.24) is 0 Å². The molecule has 0 spiro atoms. The van der Waals surface area contributed by atoms with Gasteiger partial charge in [0, 0.05) is 0 Å². The molecule has 0 aromatic heterocycles. The van der Waals surface area contributed by atoms with Crippen LogP contribution in [0.15, 0.2) is 0 Å². The zero-order valence-corrected chi connectivity index (χ0v) is 6.43. The number of nitriles is 2. The molecule has 2 aliphatic heterocycles. The molecular formula is C8H8N2O2. The maximum absolute atomic E-state index is 8.68. The highest BCUT2D eigenvalue weighted by atomic mass is 16.6. The molecule has 0 bridgehead atoms. The molecule has 0 saturated carbocycles. The Morgan fingerprint density at radius 1 is 0.917 bits per heavy atom. The highest BCUT2D eigenvalue weighted by Gasteiger charge is 2.47. The lowest BCUT2D eigenvalue weighted by molar-refractivity contribution is 0.0664. The molecule has 0 aliphatic carbocycles. The van der Waals surface area contributed by atoms with Gasteiger partial charge >= 0.3 is 0 Å². The Morgan fingerprint density at radius 3 is 1.67 bits per heavy atom. The van der Waals surface area contributed by atoms with E-state index in [-0.39, 0.29) is 24.0 Å². The second-order valence-electron chi connectivity index (χ2n) is 3.07. The van der Waals surface area contributed by atoms with E-state index in [1.54, 1.807) is 0 Å². The fraction of sp³-hybridized carbons (Fsp3) is 0.750. The van der Waals surface area contributed by atoms with Crippen LogP contribution in [0.1, 0.15) is 0 Å². The number of ether oxygens (including phenoxy) is 2. The third-order valence-electron chi connectivity index (χ3n) is 2.39. The van der Waals surface area contributed by atoms with Crippen molar-refractivity contribution in [2.24, 2.45) is 11.8 Å². The van der Waals surface area contributed by atoms with Gasteiger partial charge < -0.3 is 9.47 Å². The first-order valence-corrected chi connectivity index (χ1v) is 3.89. The Labute approximate surface area is 70.3 Å². The summed E-state index contributed by atoms with van der Waals surface area (Å²) in [6.07, 6.45) is -0.334. The SMILES string of the molecule is N#C[C@@H]1CO[C@H]2[C@@H]1OC[C@H]2C#N. The summed E-state index contributed by atoms with van der Waals surface area (Å²) in [5.74, 6) is -0.373. The molecule has 2 heterocycles. The van der Waals surface area contributed by atoms with Crippen LogP contribution >= 0.6 is 0 Å². The first-order valence-electron chi connectivity index (χ1n) is 3.89. The van der Waals surface area contributed by atoms with Gasteiger partial charge in [0.1, 0.15) is 12.2 Å². The molecule has 4 atom stereocenters. The monoisotopic (exact) mass is 164 g/mol. The molecule has 62 valence electrons. The summed E-state index contributed by atoms with van der Waals surface area (Å²) in [5, 5.41) is 17.4. The van der Waals surface area contributed by atoms with Crippen LogP contribution in [0.5, 0.6) is 0 Å². The molecule has 2 fully saturated rings. The van der Waals surface area contributed by atoms with Crippen LogP contribution in [0.4, 0.5) is 0 Å². The van der Waals surface area contributed by atoms with E-state index in [1.165, 1.54) is 0 Å². The third-order valence-corrected chi connectivity index (χ3v) is 2.39. The van der Waals surface area contributed by atoms with Gasteiger partial charge in [0.15, 0.2) is 0 Å². The van der Waals surface area contributed by atoms with Gasteiger partial charge in [-0.1, -0.05) is 0 Å². The summed E-state index contributed by atoms with van der Waals surface area (Å²) in [4.78, 5) is 0. The average molecular weight is 164 g/mol. The summed E-state index contributed by atoms with van der Waals surface area (Å²) in [6.45, 7) is 0.814. The van der Waals surface area contributed by atoms with Crippen molar-refractivity contribution in [3.05, 3.63) is 0 Å². The molecule has 2 aliphatic rings. The maximum atomic E-state index is 8.68. The Balaban J connectivity index is 2.13. The molecule has 4 heteroatoms. The zero-order valence-electron chi connectivity index (χ0n) is 6.43. The molecule has 0 unspecified atom stereocenters. The highest BCUT2D eigenvalue weighted by Crippen LogP contribution is 2.33. The highest BCUT2D eigenvalue weighted by molar-refractivity contribution is 5.07. The van der Waals surface area contributed by atoms with Crippen LogP contribution < -0.4 is 0 Å². The smallest absolute Gasteiger partial charge is 0.103 e. The predicted molar refractivity (Wildman–Crippen MR) is 37.7 cm³/mol. The normalized spacial score (nSPS) is 44.8. The first kappa shape index (κ1) is 7.54. The van der Waals surface area contributed by atoms with Crippen LogP contribution in [0.25, 0.3) is 0 Å². The molecule has 2 saturated heterocycles. The van der Waals surface area contributed by atoms with E-state index >= 15 is 0 Å². The number of hydrogen-bond donors (Lipinski definition) is 0. The summed E-state index contributed by atoms with van der Waals surface area (Å²) in [5.41, 5.74) is 0. The van der Waals surface area contributed by atoms with Gasteiger partial charge in [0.25, 0.3) is 0 Å². The second kappa shape index (κ2) is 2.75. The third kappa shape index (κ3) is 0.896. The Bertz CT molecular complexity index is 237. The van der Waals surface area contributed by atoms with Gasteiger partial charge in [0.05, 0.1) is 37.2 Å².